The van der Waals surface area contributed by atoms with E-state index in [2.05, 4.69) is 0 Å². The summed E-state index contributed by atoms with van der Waals surface area (Å²) in [5.74, 6) is 0.900. The van der Waals surface area contributed by atoms with Gasteiger partial charge in [-0.15, -0.1) is 0 Å². The average Bonchev–Trinajstić information content (AvgIpc) is 2.78. The number of rotatable bonds is 3. The minimum Gasteiger partial charge on any atom is -0.460 e. The molecule has 0 amide bonds. The fourth-order valence-electron chi connectivity index (χ4n) is 2.15. The van der Waals surface area contributed by atoms with E-state index < -0.39 is 5.97 Å². The molecule has 1 aliphatic rings. The molecular formula is C13H16O4. The van der Waals surface area contributed by atoms with E-state index in [4.69, 9.17) is 9.15 Å². The number of hydrogen-bond donors (Lipinski definition) is 0. The van der Waals surface area contributed by atoms with Crippen LogP contribution in [0.25, 0.3) is 0 Å². The van der Waals surface area contributed by atoms with Gasteiger partial charge in [0.25, 0.3) is 0 Å². The molecule has 1 unspecified atom stereocenters. The van der Waals surface area contributed by atoms with Gasteiger partial charge in [0.05, 0.1) is 6.61 Å². The van der Waals surface area contributed by atoms with Crippen molar-refractivity contribution in [2.24, 2.45) is 0 Å². The van der Waals surface area contributed by atoms with Crippen molar-refractivity contribution in [1.82, 2.24) is 0 Å². The summed E-state index contributed by atoms with van der Waals surface area (Å²) in [6.07, 6.45) is 3.04. The molecular weight excluding hydrogens is 220 g/mol. The fraction of sp³-hybridized carbons (Fsp3) is 0.538. The van der Waals surface area contributed by atoms with Gasteiger partial charge in [-0.05, 0) is 31.9 Å². The van der Waals surface area contributed by atoms with Crippen LogP contribution in [-0.4, -0.2) is 18.4 Å². The minimum atomic E-state index is -0.444. The third kappa shape index (κ3) is 2.75. The summed E-state index contributed by atoms with van der Waals surface area (Å²) in [5, 5.41) is 0. The first kappa shape index (κ1) is 11.9. The van der Waals surface area contributed by atoms with Crippen LogP contribution in [0.2, 0.25) is 0 Å². The maximum Gasteiger partial charge on any atom is 0.374 e. The first-order chi connectivity index (χ1) is 8.20. The lowest BCUT2D eigenvalue weighted by Gasteiger charge is -2.18. The summed E-state index contributed by atoms with van der Waals surface area (Å²) in [7, 11) is 0. The Hall–Kier alpha value is -1.58. The maximum atomic E-state index is 11.4. The summed E-state index contributed by atoms with van der Waals surface area (Å²) in [5.41, 5.74) is 0. The first-order valence-corrected chi connectivity index (χ1v) is 5.99. The van der Waals surface area contributed by atoms with E-state index >= 15 is 0 Å². The molecule has 0 aliphatic heterocycles. The molecule has 1 heterocycles. The highest BCUT2D eigenvalue weighted by Crippen LogP contribution is 2.32. The normalized spacial score (nSPS) is 20.3. The SMILES string of the molecule is CCOC(=O)c1ccc(C2CCCC(=O)C2)o1. The molecule has 4 heteroatoms. The van der Waals surface area contributed by atoms with Gasteiger partial charge < -0.3 is 9.15 Å². The highest BCUT2D eigenvalue weighted by atomic mass is 16.5. The highest BCUT2D eigenvalue weighted by Gasteiger charge is 2.24. The Balaban J connectivity index is 2.07. The van der Waals surface area contributed by atoms with Gasteiger partial charge >= 0.3 is 5.97 Å². The van der Waals surface area contributed by atoms with Gasteiger partial charge in [-0.1, -0.05) is 0 Å². The number of carbonyl (C=O) groups excluding carboxylic acids is 2. The van der Waals surface area contributed by atoms with Gasteiger partial charge in [0.1, 0.15) is 11.5 Å². The van der Waals surface area contributed by atoms with E-state index in [1.807, 2.05) is 0 Å². The van der Waals surface area contributed by atoms with Crippen molar-refractivity contribution in [1.29, 1.82) is 0 Å². The largest absolute Gasteiger partial charge is 0.460 e. The monoisotopic (exact) mass is 236 g/mol. The van der Waals surface area contributed by atoms with Crippen molar-refractivity contribution in [3.05, 3.63) is 23.7 Å². The van der Waals surface area contributed by atoms with Gasteiger partial charge in [-0.25, -0.2) is 4.79 Å². The van der Waals surface area contributed by atoms with Crippen LogP contribution in [0.5, 0.6) is 0 Å². The quantitative estimate of drug-likeness (QED) is 0.757. The van der Waals surface area contributed by atoms with Crippen molar-refractivity contribution < 1.29 is 18.7 Å². The van der Waals surface area contributed by atoms with Crippen LogP contribution in [0.15, 0.2) is 16.5 Å². The molecule has 0 aromatic carbocycles. The summed E-state index contributed by atoms with van der Waals surface area (Å²) in [6.45, 7) is 2.08. The Morgan fingerprint density at radius 1 is 1.53 bits per heavy atom. The third-order valence-corrected chi connectivity index (χ3v) is 2.99. The van der Waals surface area contributed by atoms with E-state index in [0.29, 0.717) is 19.4 Å². The molecule has 0 saturated heterocycles. The smallest absolute Gasteiger partial charge is 0.374 e. The van der Waals surface area contributed by atoms with E-state index in [-0.39, 0.29) is 17.5 Å². The van der Waals surface area contributed by atoms with Gasteiger partial charge in [-0.2, -0.15) is 0 Å². The molecule has 0 spiro atoms. The van der Waals surface area contributed by atoms with Gasteiger partial charge in [0.15, 0.2) is 0 Å². The Morgan fingerprint density at radius 3 is 3.06 bits per heavy atom. The molecule has 1 saturated carbocycles. The number of Topliss-reactive ketones (excluding diaryl/α,β-unsaturated/α-hetero) is 1. The predicted molar refractivity (Wildman–Crippen MR) is 60.9 cm³/mol. The molecule has 17 heavy (non-hydrogen) atoms. The Bertz CT molecular complexity index is 419. The van der Waals surface area contributed by atoms with Crippen molar-refractivity contribution in [3.63, 3.8) is 0 Å². The molecule has 1 aliphatic carbocycles. The number of carbonyl (C=O) groups is 2. The topological polar surface area (TPSA) is 56.5 Å². The second-order valence-corrected chi connectivity index (χ2v) is 4.25. The Labute approximate surface area is 99.9 Å². The predicted octanol–water partition coefficient (Wildman–Crippen LogP) is 2.68. The lowest BCUT2D eigenvalue weighted by atomic mass is 9.87. The molecule has 1 aromatic heterocycles. The molecule has 0 N–H and O–H groups in total. The summed E-state index contributed by atoms with van der Waals surface area (Å²) < 4.78 is 10.3. The van der Waals surface area contributed by atoms with E-state index in [1.54, 1.807) is 19.1 Å². The molecule has 0 bridgehead atoms. The van der Waals surface area contributed by atoms with E-state index in [9.17, 15) is 9.59 Å². The summed E-state index contributed by atoms with van der Waals surface area (Å²) in [6, 6.07) is 3.39. The Kier molecular flexibility index (Phi) is 3.61. The molecule has 1 fully saturated rings. The summed E-state index contributed by atoms with van der Waals surface area (Å²) >= 11 is 0. The van der Waals surface area contributed by atoms with Gasteiger partial charge in [-0.3, -0.25) is 4.79 Å². The third-order valence-electron chi connectivity index (χ3n) is 2.99. The zero-order valence-corrected chi connectivity index (χ0v) is 9.90. The molecule has 0 radical (unpaired) electrons. The van der Waals surface area contributed by atoms with Crippen LogP contribution >= 0.6 is 0 Å². The fourth-order valence-corrected chi connectivity index (χ4v) is 2.15. The summed E-state index contributed by atoms with van der Waals surface area (Å²) in [4.78, 5) is 22.8. The van der Waals surface area contributed by atoms with Crippen molar-refractivity contribution in [2.75, 3.05) is 6.61 Å². The van der Waals surface area contributed by atoms with Crippen LogP contribution in [0, 0.1) is 0 Å². The molecule has 2 rings (SSSR count). The number of ketones is 1. The standard InChI is InChI=1S/C13H16O4/c1-2-16-13(15)12-7-6-11(17-12)9-4-3-5-10(14)8-9/h6-7,9H,2-5,8H2,1H3. The molecule has 1 aromatic rings. The Morgan fingerprint density at radius 2 is 2.35 bits per heavy atom. The van der Waals surface area contributed by atoms with Gasteiger partial charge in [0, 0.05) is 18.8 Å². The highest BCUT2D eigenvalue weighted by molar-refractivity contribution is 5.86. The van der Waals surface area contributed by atoms with Gasteiger partial charge in [0.2, 0.25) is 5.76 Å². The van der Waals surface area contributed by atoms with E-state index in [1.165, 1.54) is 0 Å². The molecule has 92 valence electrons. The maximum absolute atomic E-state index is 11.4. The van der Waals surface area contributed by atoms with Crippen molar-refractivity contribution in [3.8, 4) is 0 Å². The number of furan rings is 1. The number of ether oxygens (including phenoxy) is 1. The van der Waals surface area contributed by atoms with Crippen molar-refractivity contribution >= 4 is 11.8 Å². The van der Waals surface area contributed by atoms with Crippen LogP contribution in [0.1, 0.15) is 54.8 Å². The van der Waals surface area contributed by atoms with E-state index in [0.717, 1.165) is 18.6 Å². The van der Waals surface area contributed by atoms with Crippen LogP contribution < -0.4 is 0 Å². The lowest BCUT2D eigenvalue weighted by Crippen LogP contribution is -2.12. The minimum absolute atomic E-state index is 0.124. The van der Waals surface area contributed by atoms with Crippen LogP contribution in [-0.2, 0) is 9.53 Å². The van der Waals surface area contributed by atoms with Crippen LogP contribution in [0.3, 0.4) is 0 Å². The second-order valence-electron chi connectivity index (χ2n) is 4.25. The lowest BCUT2D eigenvalue weighted by molar-refractivity contribution is -0.120. The molecule has 1 atom stereocenters. The first-order valence-electron chi connectivity index (χ1n) is 5.99. The number of esters is 1. The number of hydrogen-bond acceptors (Lipinski definition) is 4. The zero-order chi connectivity index (χ0) is 12.3. The van der Waals surface area contributed by atoms with Crippen molar-refractivity contribution in [2.45, 2.75) is 38.5 Å². The average molecular weight is 236 g/mol. The zero-order valence-electron chi connectivity index (χ0n) is 9.90. The second kappa shape index (κ2) is 5.17. The van der Waals surface area contributed by atoms with Crippen LogP contribution in [0.4, 0.5) is 0 Å². The molecule has 4 nitrogen and oxygen atoms in total.